The summed E-state index contributed by atoms with van der Waals surface area (Å²) in [4.78, 5) is 25.4. The van der Waals surface area contributed by atoms with Crippen LogP contribution in [-0.2, 0) is 9.59 Å². The summed E-state index contributed by atoms with van der Waals surface area (Å²) in [7, 11) is 2.85. The SMILES string of the molecule is COc1c(OC)c(OC(C)=O)c2c(Sc3ccccc3Br)cccc2c1OC(C)=O. The van der Waals surface area contributed by atoms with E-state index in [-0.39, 0.29) is 23.0 Å². The number of benzene rings is 3. The van der Waals surface area contributed by atoms with Crippen LogP contribution in [0.4, 0.5) is 0 Å². The molecule has 6 nitrogen and oxygen atoms in total. The quantitative estimate of drug-likeness (QED) is 0.327. The number of carbonyl (C=O) groups is 2. The third kappa shape index (κ3) is 4.39. The Labute approximate surface area is 186 Å². The van der Waals surface area contributed by atoms with Gasteiger partial charge in [-0.1, -0.05) is 36.0 Å². The number of rotatable bonds is 6. The molecule has 30 heavy (non-hydrogen) atoms. The topological polar surface area (TPSA) is 71.1 Å². The van der Waals surface area contributed by atoms with E-state index in [1.165, 1.54) is 39.8 Å². The molecule has 0 radical (unpaired) electrons. The molecule has 0 amide bonds. The third-order valence-electron chi connectivity index (χ3n) is 4.07. The lowest BCUT2D eigenvalue weighted by Gasteiger charge is -2.20. The number of hydrogen-bond donors (Lipinski definition) is 0. The van der Waals surface area contributed by atoms with Gasteiger partial charge in [-0.2, -0.15) is 0 Å². The second-order valence-electron chi connectivity index (χ2n) is 6.12. The zero-order valence-electron chi connectivity index (χ0n) is 16.8. The maximum absolute atomic E-state index is 11.9. The summed E-state index contributed by atoms with van der Waals surface area (Å²) in [6.45, 7) is 2.61. The Morgan fingerprint density at radius 3 is 1.93 bits per heavy atom. The van der Waals surface area contributed by atoms with Crippen molar-refractivity contribution in [3.05, 3.63) is 46.9 Å². The van der Waals surface area contributed by atoms with Crippen molar-refractivity contribution in [3.8, 4) is 23.0 Å². The Hall–Kier alpha value is -2.71. The van der Waals surface area contributed by atoms with E-state index < -0.39 is 11.9 Å². The number of fused-ring (bicyclic) bond motifs is 1. The fourth-order valence-corrected chi connectivity index (χ4v) is 4.51. The maximum atomic E-state index is 11.9. The predicted octanol–water partition coefficient (Wildman–Crippen LogP) is 5.62. The van der Waals surface area contributed by atoms with Gasteiger partial charge in [0, 0.05) is 38.9 Å². The van der Waals surface area contributed by atoms with Crippen molar-refractivity contribution >= 4 is 50.4 Å². The average Bonchev–Trinajstić information content (AvgIpc) is 2.70. The number of halogens is 1. The van der Waals surface area contributed by atoms with Gasteiger partial charge in [0.25, 0.3) is 0 Å². The molecular weight excluding hydrogens is 472 g/mol. The van der Waals surface area contributed by atoms with Crippen molar-refractivity contribution in [2.75, 3.05) is 14.2 Å². The first-order valence-electron chi connectivity index (χ1n) is 8.87. The number of hydrogen-bond acceptors (Lipinski definition) is 7. The van der Waals surface area contributed by atoms with E-state index in [1.807, 2.05) is 36.4 Å². The van der Waals surface area contributed by atoms with E-state index >= 15 is 0 Å². The molecule has 0 fully saturated rings. The van der Waals surface area contributed by atoms with Crippen molar-refractivity contribution in [2.24, 2.45) is 0 Å². The van der Waals surface area contributed by atoms with Crippen molar-refractivity contribution in [1.29, 1.82) is 0 Å². The fourth-order valence-electron chi connectivity index (χ4n) is 2.98. The molecular formula is C22H19BrO6S. The predicted molar refractivity (Wildman–Crippen MR) is 118 cm³/mol. The first kappa shape index (κ1) is 22.0. The third-order valence-corrected chi connectivity index (χ3v) is 6.16. The molecule has 3 aromatic rings. The van der Waals surface area contributed by atoms with Crippen molar-refractivity contribution < 1.29 is 28.5 Å². The van der Waals surface area contributed by atoms with Gasteiger partial charge in [0.1, 0.15) is 0 Å². The Balaban J connectivity index is 2.39. The Morgan fingerprint density at radius 1 is 0.767 bits per heavy atom. The largest absolute Gasteiger partial charge is 0.490 e. The molecule has 0 aliphatic heterocycles. The van der Waals surface area contributed by atoms with Crippen LogP contribution in [-0.4, -0.2) is 26.2 Å². The Bertz CT molecular complexity index is 1130. The van der Waals surface area contributed by atoms with Gasteiger partial charge in [0.05, 0.1) is 14.2 Å². The number of carbonyl (C=O) groups excluding carboxylic acids is 2. The maximum Gasteiger partial charge on any atom is 0.308 e. The minimum Gasteiger partial charge on any atom is -0.490 e. The lowest BCUT2D eigenvalue weighted by molar-refractivity contribution is -0.133. The van der Waals surface area contributed by atoms with Crippen LogP contribution in [0.15, 0.2) is 56.7 Å². The monoisotopic (exact) mass is 490 g/mol. The normalized spacial score (nSPS) is 10.6. The molecule has 3 aromatic carbocycles. The van der Waals surface area contributed by atoms with Crippen LogP contribution in [0.5, 0.6) is 23.0 Å². The van der Waals surface area contributed by atoms with Gasteiger partial charge in [-0.15, -0.1) is 0 Å². The summed E-state index contributed by atoms with van der Waals surface area (Å²) in [5.74, 6) is -0.306. The van der Waals surface area contributed by atoms with E-state index in [4.69, 9.17) is 18.9 Å². The first-order valence-corrected chi connectivity index (χ1v) is 10.5. The van der Waals surface area contributed by atoms with Crippen molar-refractivity contribution in [2.45, 2.75) is 23.6 Å². The molecule has 0 bridgehead atoms. The van der Waals surface area contributed by atoms with Crippen LogP contribution in [0.25, 0.3) is 10.8 Å². The summed E-state index contributed by atoms with van der Waals surface area (Å²) < 4.78 is 22.9. The lowest BCUT2D eigenvalue weighted by atomic mass is 10.1. The summed E-state index contributed by atoms with van der Waals surface area (Å²) in [6, 6.07) is 13.3. The van der Waals surface area contributed by atoms with E-state index in [9.17, 15) is 9.59 Å². The second-order valence-corrected chi connectivity index (χ2v) is 8.06. The van der Waals surface area contributed by atoms with Gasteiger partial charge in [-0.25, -0.2) is 0 Å². The summed E-state index contributed by atoms with van der Waals surface area (Å²) >= 11 is 5.02. The van der Waals surface area contributed by atoms with Crippen LogP contribution in [0.2, 0.25) is 0 Å². The molecule has 0 unspecified atom stereocenters. The highest BCUT2D eigenvalue weighted by Crippen LogP contribution is 2.54. The molecule has 0 heterocycles. The smallest absolute Gasteiger partial charge is 0.308 e. The van der Waals surface area contributed by atoms with E-state index in [1.54, 1.807) is 6.07 Å². The van der Waals surface area contributed by atoms with Crippen LogP contribution < -0.4 is 18.9 Å². The summed E-state index contributed by atoms with van der Waals surface area (Å²) in [6.07, 6.45) is 0. The van der Waals surface area contributed by atoms with Crippen molar-refractivity contribution in [3.63, 3.8) is 0 Å². The van der Waals surface area contributed by atoms with Crippen LogP contribution in [0.1, 0.15) is 13.8 Å². The molecule has 8 heteroatoms. The minimum absolute atomic E-state index is 0.164. The van der Waals surface area contributed by atoms with Gasteiger partial charge >= 0.3 is 11.9 Å². The van der Waals surface area contributed by atoms with Gasteiger partial charge in [0.15, 0.2) is 11.5 Å². The van der Waals surface area contributed by atoms with Gasteiger partial charge < -0.3 is 18.9 Å². The Morgan fingerprint density at radius 2 is 1.33 bits per heavy atom. The minimum atomic E-state index is -0.516. The molecule has 0 aliphatic rings. The van der Waals surface area contributed by atoms with Gasteiger partial charge in [-0.05, 0) is 34.1 Å². The zero-order valence-corrected chi connectivity index (χ0v) is 19.2. The van der Waals surface area contributed by atoms with Gasteiger partial charge in [-0.3, -0.25) is 9.59 Å². The molecule has 156 valence electrons. The second kappa shape index (κ2) is 9.40. The number of ether oxygens (including phenoxy) is 4. The standard InChI is InChI=1S/C22H19BrO6S/c1-12(24)28-19-14-8-7-11-17(30-16-10-6-5-9-15(16)23)18(14)20(29-13(2)25)22(27-4)21(19)26-3/h5-11H,1-4H3. The van der Waals surface area contributed by atoms with Crippen LogP contribution in [0.3, 0.4) is 0 Å². The fraction of sp³-hybridized carbons (Fsp3) is 0.182. The highest BCUT2D eigenvalue weighted by Gasteiger charge is 2.27. The van der Waals surface area contributed by atoms with Crippen molar-refractivity contribution in [1.82, 2.24) is 0 Å². The molecule has 0 aromatic heterocycles. The molecule has 0 spiro atoms. The highest BCUT2D eigenvalue weighted by molar-refractivity contribution is 9.10. The molecule has 0 saturated heterocycles. The summed E-state index contributed by atoms with van der Waals surface area (Å²) in [5.41, 5.74) is 0. The molecule has 0 N–H and O–H groups in total. The number of esters is 2. The van der Waals surface area contributed by atoms with Crippen LogP contribution in [0, 0.1) is 0 Å². The average molecular weight is 491 g/mol. The van der Waals surface area contributed by atoms with Gasteiger partial charge in [0.2, 0.25) is 11.5 Å². The highest BCUT2D eigenvalue weighted by atomic mass is 79.9. The molecule has 0 aliphatic carbocycles. The Kier molecular flexibility index (Phi) is 6.89. The zero-order chi connectivity index (χ0) is 21.8. The van der Waals surface area contributed by atoms with E-state index in [0.29, 0.717) is 10.8 Å². The molecule has 0 saturated carbocycles. The lowest BCUT2D eigenvalue weighted by Crippen LogP contribution is -2.08. The van der Waals surface area contributed by atoms with E-state index in [0.717, 1.165) is 14.3 Å². The van der Waals surface area contributed by atoms with Crippen LogP contribution >= 0.6 is 27.7 Å². The molecule has 0 atom stereocenters. The van der Waals surface area contributed by atoms with E-state index in [2.05, 4.69) is 15.9 Å². The number of methoxy groups -OCH3 is 2. The first-order chi connectivity index (χ1) is 14.4. The molecule has 3 rings (SSSR count). The summed E-state index contributed by atoms with van der Waals surface area (Å²) in [5, 5.41) is 1.12.